The molecule has 1 saturated carbocycles. The lowest BCUT2D eigenvalue weighted by Crippen LogP contribution is -2.67. The number of fused-ring (bicyclic) bond motifs is 3. The van der Waals surface area contributed by atoms with E-state index in [0.29, 0.717) is 12.0 Å². The van der Waals surface area contributed by atoms with Crippen molar-refractivity contribution in [3.63, 3.8) is 0 Å². The summed E-state index contributed by atoms with van der Waals surface area (Å²) in [6.45, 7) is 2.15. The zero-order valence-electron chi connectivity index (χ0n) is 7.34. The van der Waals surface area contributed by atoms with E-state index in [1.54, 1.807) is 0 Å². The topological polar surface area (TPSA) is 49.3 Å². The fourth-order valence-corrected chi connectivity index (χ4v) is 2.53. The highest BCUT2D eigenvalue weighted by Crippen LogP contribution is 2.39. The predicted octanol–water partition coefficient (Wildman–Crippen LogP) is 0.992. The van der Waals surface area contributed by atoms with Crippen LogP contribution in [-0.4, -0.2) is 22.7 Å². The molecule has 2 saturated heterocycles. The lowest BCUT2D eigenvalue weighted by Gasteiger charge is -2.44. The summed E-state index contributed by atoms with van der Waals surface area (Å²) in [4.78, 5) is 10.9. The van der Waals surface area contributed by atoms with Crippen LogP contribution in [-0.2, 0) is 4.79 Å². The minimum atomic E-state index is -0.660. The molecule has 2 N–H and O–H groups in total. The third kappa shape index (κ3) is 1.04. The molecule has 0 aromatic carbocycles. The Labute approximate surface area is 72.2 Å². The molecule has 0 radical (unpaired) electrons. The van der Waals surface area contributed by atoms with Crippen molar-refractivity contribution in [3.05, 3.63) is 0 Å². The van der Waals surface area contributed by atoms with Crippen LogP contribution in [0.2, 0.25) is 0 Å². The van der Waals surface area contributed by atoms with E-state index in [-0.39, 0.29) is 0 Å². The molecule has 3 atom stereocenters. The first-order valence-electron chi connectivity index (χ1n) is 4.63. The van der Waals surface area contributed by atoms with Gasteiger partial charge in [0.2, 0.25) is 0 Å². The first kappa shape index (κ1) is 8.05. The van der Waals surface area contributed by atoms with E-state index in [4.69, 9.17) is 5.11 Å². The van der Waals surface area contributed by atoms with Gasteiger partial charge in [-0.25, -0.2) is 0 Å². The van der Waals surface area contributed by atoms with Gasteiger partial charge in [-0.2, -0.15) is 0 Å². The molecule has 0 spiro atoms. The Morgan fingerprint density at radius 3 is 2.75 bits per heavy atom. The van der Waals surface area contributed by atoms with Gasteiger partial charge in [-0.1, -0.05) is 6.92 Å². The predicted molar refractivity (Wildman–Crippen MR) is 44.9 cm³/mol. The molecular weight excluding hydrogens is 154 g/mol. The summed E-state index contributed by atoms with van der Waals surface area (Å²) in [5, 5.41) is 12.2. The maximum atomic E-state index is 10.9. The van der Waals surface area contributed by atoms with E-state index in [9.17, 15) is 4.79 Å². The van der Waals surface area contributed by atoms with Crippen molar-refractivity contribution in [2.75, 3.05) is 0 Å². The van der Waals surface area contributed by atoms with Gasteiger partial charge in [0.05, 0.1) is 0 Å². The summed E-state index contributed by atoms with van der Waals surface area (Å²) < 4.78 is 0. The molecule has 12 heavy (non-hydrogen) atoms. The SMILES string of the molecule is CC1CCC2CC(C(=O)O)(C1)N2. The van der Waals surface area contributed by atoms with Crippen LogP contribution in [0.3, 0.4) is 0 Å². The summed E-state index contributed by atoms with van der Waals surface area (Å²) >= 11 is 0. The van der Waals surface area contributed by atoms with Crippen molar-refractivity contribution < 1.29 is 9.90 Å². The molecule has 0 amide bonds. The highest BCUT2D eigenvalue weighted by molar-refractivity contribution is 5.80. The third-order valence-corrected chi connectivity index (χ3v) is 3.19. The lowest BCUT2D eigenvalue weighted by molar-refractivity contribution is -0.150. The van der Waals surface area contributed by atoms with E-state index in [2.05, 4.69) is 12.2 Å². The van der Waals surface area contributed by atoms with Gasteiger partial charge >= 0.3 is 5.97 Å². The van der Waals surface area contributed by atoms with Crippen LogP contribution >= 0.6 is 0 Å². The number of nitrogens with one attached hydrogen (secondary N) is 1. The van der Waals surface area contributed by atoms with Crippen molar-refractivity contribution in [2.24, 2.45) is 5.92 Å². The Hall–Kier alpha value is -0.570. The molecule has 3 heteroatoms. The molecule has 2 aliphatic heterocycles. The molecule has 0 aromatic heterocycles. The minimum Gasteiger partial charge on any atom is -0.480 e. The van der Waals surface area contributed by atoms with Gasteiger partial charge in [-0.15, -0.1) is 0 Å². The summed E-state index contributed by atoms with van der Waals surface area (Å²) in [5.74, 6) is -0.103. The normalized spacial score (nSPS) is 46.1. The van der Waals surface area contributed by atoms with Gasteiger partial charge in [0.15, 0.2) is 0 Å². The summed E-state index contributed by atoms with van der Waals surface area (Å²) in [5.41, 5.74) is -0.555. The summed E-state index contributed by atoms with van der Waals surface area (Å²) in [6.07, 6.45) is 3.97. The molecule has 1 aliphatic carbocycles. The molecule has 0 aromatic rings. The van der Waals surface area contributed by atoms with Crippen molar-refractivity contribution >= 4 is 5.97 Å². The van der Waals surface area contributed by atoms with Crippen molar-refractivity contribution in [2.45, 2.75) is 44.2 Å². The quantitative estimate of drug-likeness (QED) is 0.615. The number of hydrogen-bond acceptors (Lipinski definition) is 2. The first-order valence-corrected chi connectivity index (χ1v) is 4.63. The molecule has 68 valence electrons. The van der Waals surface area contributed by atoms with E-state index in [0.717, 1.165) is 19.3 Å². The molecule has 3 unspecified atom stereocenters. The van der Waals surface area contributed by atoms with Gasteiger partial charge in [0, 0.05) is 6.04 Å². The number of carboxylic acid groups (broad SMARTS) is 1. The number of aliphatic carboxylic acids is 1. The van der Waals surface area contributed by atoms with Gasteiger partial charge in [0.1, 0.15) is 5.54 Å². The molecule has 3 aliphatic rings. The Morgan fingerprint density at radius 2 is 2.17 bits per heavy atom. The average molecular weight is 169 g/mol. The molecule has 3 rings (SSSR count). The van der Waals surface area contributed by atoms with Crippen LogP contribution < -0.4 is 5.32 Å². The number of rotatable bonds is 1. The Bertz CT molecular complexity index is 209. The highest BCUT2D eigenvalue weighted by atomic mass is 16.4. The monoisotopic (exact) mass is 169 g/mol. The second-order valence-electron chi connectivity index (χ2n) is 4.32. The summed E-state index contributed by atoms with van der Waals surface area (Å²) in [7, 11) is 0. The third-order valence-electron chi connectivity index (χ3n) is 3.19. The molecule has 3 nitrogen and oxygen atoms in total. The van der Waals surface area contributed by atoms with Crippen LogP contribution in [0.4, 0.5) is 0 Å². The van der Waals surface area contributed by atoms with Gasteiger partial charge in [-0.3, -0.25) is 10.1 Å². The van der Waals surface area contributed by atoms with E-state index in [1.807, 2.05) is 0 Å². The van der Waals surface area contributed by atoms with Gasteiger partial charge in [-0.05, 0) is 31.6 Å². The van der Waals surface area contributed by atoms with Crippen LogP contribution in [0.1, 0.15) is 32.6 Å². The van der Waals surface area contributed by atoms with Crippen molar-refractivity contribution in [1.82, 2.24) is 5.32 Å². The lowest BCUT2D eigenvalue weighted by atomic mass is 9.79. The molecule has 2 heterocycles. The van der Waals surface area contributed by atoms with Crippen molar-refractivity contribution in [1.29, 1.82) is 0 Å². The number of hydrogen-bond donors (Lipinski definition) is 2. The number of carbonyl (C=O) groups is 1. The Kier molecular flexibility index (Phi) is 1.65. The van der Waals surface area contributed by atoms with E-state index in [1.165, 1.54) is 6.42 Å². The highest BCUT2D eigenvalue weighted by Gasteiger charge is 2.51. The fraction of sp³-hybridized carbons (Fsp3) is 0.889. The zero-order valence-corrected chi connectivity index (χ0v) is 7.34. The maximum Gasteiger partial charge on any atom is 0.323 e. The maximum absolute atomic E-state index is 10.9. The van der Waals surface area contributed by atoms with Crippen LogP contribution in [0, 0.1) is 5.92 Å². The average Bonchev–Trinajstić information content (AvgIpc) is 2.14. The van der Waals surface area contributed by atoms with Crippen molar-refractivity contribution in [3.8, 4) is 0 Å². The molecular formula is C9H15NO2. The second-order valence-corrected chi connectivity index (χ2v) is 4.32. The standard InChI is InChI=1S/C9H15NO2/c1-6-2-3-7-5-9(4-6,10-7)8(11)12/h6-7,10H,2-5H2,1H3,(H,11,12). The summed E-state index contributed by atoms with van der Waals surface area (Å²) in [6, 6.07) is 0.478. The smallest absolute Gasteiger partial charge is 0.323 e. The fourth-order valence-electron chi connectivity index (χ4n) is 2.53. The van der Waals surface area contributed by atoms with Crippen LogP contribution in [0.5, 0.6) is 0 Å². The second kappa shape index (κ2) is 2.46. The van der Waals surface area contributed by atoms with Crippen LogP contribution in [0.15, 0.2) is 0 Å². The minimum absolute atomic E-state index is 0.478. The van der Waals surface area contributed by atoms with E-state index < -0.39 is 11.5 Å². The Morgan fingerprint density at radius 1 is 1.50 bits per heavy atom. The molecule has 2 bridgehead atoms. The first-order chi connectivity index (χ1) is 5.62. The van der Waals surface area contributed by atoms with E-state index >= 15 is 0 Å². The molecule has 3 fully saturated rings. The largest absolute Gasteiger partial charge is 0.480 e. The number of carboxylic acids is 1. The van der Waals surface area contributed by atoms with Crippen LogP contribution in [0.25, 0.3) is 0 Å². The van der Waals surface area contributed by atoms with Gasteiger partial charge in [0.25, 0.3) is 0 Å². The zero-order chi connectivity index (χ0) is 8.77. The Balaban J connectivity index is 2.14. The van der Waals surface area contributed by atoms with Gasteiger partial charge < -0.3 is 5.11 Å².